The van der Waals surface area contributed by atoms with Gasteiger partial charge in [0.1, 0.15) is 11.9 Å². The lowest BCUT2D eigenvalue weighted by Crippen LogP contribution is -2.63. The molecule has 0 saturated heterocycles. The number of rotatable bonds is 5. The minimum atomic E-state index is 0.319. The molecule has 2 saturated carbocycles. The van der Waals surface area contributed by atoms with Crippen LogP contribution in [0.2, 0.25) is 5.02 Å². The van der Waals surface area contributed by atoms with Crippen LogP contribution in [0.5, 0.6) is 5.75 Å². The van der Waals surface area contributed by atoms with E-state index in [1.807, 2.05) is 6.07 Å². The second kappa shape index (κ2) is 5.90. The van der Waals surface area contributed by atoms with Gasteiger partial charge in [0.05, 0.1) is 11.2 Å². The summed E-state index contributed by atoms with van der Waals surface area (Å²) in [6.45, 7) is 3.33. The van der Waals surface area contributed by atoms with Crippen LogP contribution in [0, 0.1) is 5.41 Å². The molecule has 1 aromatic heterocycles. The third-order valence-electron chi connectivity index (χ3n) is 4.92. The summed E-state index contributed by atoms with van der Waals surface area (Å²) in [4.78, 5) is 4.11. The van der Waals surface area contributed by atoms with Crippen LogP contribution in [0.15, 0.2) is 18.5 Å². The van der Waals surface area contributed by atoms with Gasteiger partial charge in [-0.1, -0.05) is 31.4 Å². The topological polar surface area (TPSA) is 34.1 Å². The minimum Gasteiger partial charge on any atom is -0.488 e. The van der Waals surface area contributed by atoms with Gasteiger partial charge in [-0.15, -0.1) is 0 Å². The van der Waals surface area contributed by atoms with Crippen LogP contribution >= 0.6 is 11.6 Å². The van der Waals surface area contributed by atoms with Crippen LogP contribution in [0.4, 0.5) is 0 Å². The van der Waals surface area contributed by atoms with Crippen molar-refractivity contribution in [1.29, 1.82) is 0 Å². The minimum absolute atomic E-state index is 0.319. The first-order chi connectivity index (χ1) is 9.74. The van der Waals surface area contributed by atoms with Crippen molar-refractivity contribution >= 4 is 11.6 Å². The Hall–Kier alpha value is -0.800. The van der Waals surface area contributed by atoms with E-state index in [9.17, 15) is 0 Å². The Labute approximate surface area is 126 Å². The lowest BCUT2D eigenvalue weighted by atomic mass is 9.60. The van der Waals surface area contributed by atoms with E-state index >= 15 is 0 Å². The fourth-order valence-electron chi connectivity index (χ4n) is 3.84. The molecule has 3 rings (SSSR count). The molecule has 1 spiro atoms. The molecule has 2 aliphatic rings. The lowest BCUT2D eigenvalue weighted by Gasteiger charge is -2.54. The molecule has 0 bridgehead atoms. The predicted octanol–water partition coefficient (Wildman–Crippen LogP) is 3.81. The summed E-state index contributed by atoms with van der Waals surface area (Å²) in [6, 6.07) is 2.49. The Morgan fingerprint density at radius 2 is 2.20 bits per heavy atom. The highest BCUT2D eigenvalue weighted by Crippen LogP contribution is 2.54. The van der Waals surface area contributed by atoms with Crippen molar-refractivity contribution in [2.45, 2.75) is 57.6 Å². The normalized spacial score (nSPS) is 27.5. The Bertz CT molecular complexity index is 460. The van der Waals surface area contributed by atoms with Gasteiger partial charge in [-0.2, -0.15) is 0 Å². The van der Waals surface area contributed by atoms with E-state index in [0.717, 1.165) is 18.7 Å². The summed E-state index contributed by atoms with van der Waals surface area (Å²) in [5.41, 5.74) is 0.345. The first-order valence-electron chi connectivity index (χ1n) is 7.75. The van der Waals surface area contributed by atoms with Crippen LogP contribution in [0.25, 0.3) is 0 Å². The zero-order valence-corrected chi connectivity index (χ0v) is 12.8. The van der Waals surface area contributed by atoms with Gasteiger partial charge < -0.3 is 10.1 Å². The molecule has 0 aliphatic heterocycles. The molecule has 2 aliphatic carbocycles. The molecule has 1 aromatic rings. The highest BCUT2D eigenvalue weighted by molar-refractivity contribution is 6.30. The zero-order chi connectivity index (χ0) is 14.0. The number of pyridine rings is 1. The maximum atomic E-state index is 6.19. The summed E-state index contributed by atoms with van der Waals surface area (Å²) >= 11 is 5.98. The molecule has 20 heavy (non-hydrogen) atoms. The van der Waals surface area contributed by atoms with Crippen LogP contribution in [0.3, 0.4) is 0 Å². The van der Waals surface area contributed by atoms with Gasteiger partial charge in [0.25, 0.3) is 0 Å². The summed E-state index contributed by atoms with van der Waals surface area (Å²) in [7, 11) is 0. The highest BCUT2D eigenvalue weighted by atomic mass is 35.5. The van der Waals surface area contributed by atoms with E-state index in [2.05, 4.69) is 17.2 Å². The molecule has 0 amide bonds. The number of halogens is 1. The van der Waals surface area contributed by atoms with E-state index < -0.39 is 0 Å². The second-order valence-corrected chi connectivity index (χ2v) is 6.56. The Morgan fingerprint density at radius 3 is 2.90 bits per heavy atom. The first-order valence-corrected chi connectivity index (χ1v) is 8.13. The molecule has 4 heteroatoms. The van der Waals surface area contributed by atoms with E-state index in [0.29, 0.717) is 22.6 Å². The van der Waals surface area contributed by atoms with Gasteiger partial charge in [0.15, 0.2) is 0 Å². The van der Waals surface area contributed by atoms with Gasteiger partial charge >= 0.3 is 0 Å². The third kappa shape index (κ3) is 2.53. The van der Waals surface area contributed by atoms with Crippen molar-refractivity contribution in [3.63, 3.8) is 0 Å². The van der Waals surface area contributed by atoms with Crippen molar-refractivity contribution in [3.05, 3.63) is 23.5 Å². The van der Waals surface area contributed by atoms with Gasteiger partial charge in [-0.3, -0.25) is 4.98 Å². The maximum absolute atomic E-state index is 6.19. The third-order valence-corrected chi connectivity index (χ3v) is 5.13. The van der Waals surface area contributed by atoms with Crippen molar-refractivity contribution in [2.24, 2.45) is 5.41 Å². The van der Waals surface area contributed by atoms with Crippen molar-refractivity contribution in [2.75, 3.05) is 6.54 Å². The van der Waals surface area contributed by atoms with Gasteiger partial charge in [-0.25, -0.2) is 0 Å². The Kier molecular flexibility index (Phi) is 4.18. The monoisotopic (exact) mass is 294 g/mol. The number of hydrogen-bond donors (Lipinski definition) is 1. The van der Waals surface area contributed by atoms with Crippen molar-refractivity contribution in [3.8, 4) is 5.75 Å². The molecular weight excluding hydrogens is 272 g/mol. The first kappa shape index (κ1) is 14.2. The molecule has 0 aromatic carbocycles. The number of nitrogens with one attached hydrogen (secondary N) is 1. The van der Waals surface area contributed by atoms with Crippen LogP contribution in [0.1, 0.15) is 45.4 Å². The molecular formula is C16H23ClN2O. The Balaban J connectivity index is 1.68. The van der Waals surface area contributed by atoms with E-state index in [1.54, 1.807) is 12.4 Å². The van der Waals surface area contributed by atoms with Crippen LogP contribution in [-0.2, 0) is 0 Å². The molecule has 1 N–H and O–H groups in total. The molecule has 2 fully saturated rings. The number of hydrogen-bond acceptors (Lipinski definition) is 3. The Morgan fingerprint density at radius 1 is 1.40 bits per heavy atom. The smallest absolute Gasteiger partial charge is 0.139 e. The standard InChI is InChI=1S/C16H23ClN2O/c1-2-7-19-14-9-15(16(14)5-3-4-6-16)20-13-8-12(17)10-18-11-13/h8,10-11,14-15,19H,2-7,9H2,1H3. The average Bonchev–Trinajstić information content (AvgIpc) is 2.94. The number of nitrogens with zero attached hydrogens (tertiary/aromatic N) is 1. The maximum Gasteiger partial charge on any atom is 0.139 e. The predicted molar refractivity (Wildman–Crippen MR) is 81.3 cm³/mol. The zero-order valence-electron chi connectivity index (χ0n) is 12.1. The fraction of sp³-hybridized carbons (Fsp3) is 0.688. The molecule has 110 valence electrons. The lowest BCUT2D eigenvalue weighted by molar-refractivity contribution is -0.0761. The van der Waals surface area contributed by atoms with Crippen LogP contribution in [-0.4, -0.2) is 23.7 Å². The summed E-state index contributed by atoms with van der Waals surface area (Å²) in [5.74, 6) is 0.808. The highest BCUT2D eigenvalue weighted by Gasteiger charge is 2.57. The van der Waals surface area contributed by atoms with E-state index in [1.165, 1.54) is 32.1 Å². The molecule has 2 unspecified atom stereocenters. The summed E-state index contributed by atoms with van der Waals surface area (Å²) in [6.07, 6.45) is 11.3. The van der Waals surface area contributed by atoms with Crippen molar-refractivity contribution < 1.29 is 4.74 Å². The number of aromatic nitrogens is 1. The van der Waals surface area contributed by atoms with Gasteiger partial charge in [0.2, 0.25) is 0 Å². The summed E-state index contributed by atoms with van der Waals surface area (Å²) < 4.78 is 6.19. The van der Waals surface area contributed by atoms with Gasteiger partial charge in [-0.05, 0) is 25.8 Å². The molecule has 2 atom stereocenters. The molecule has 0 radical (unpaired) electrons. The number of ether oxygens (including phenoxy) is 1. The summed E-state index contributed by atoms with van der Waals surface area (Å²) in [5, 5.41) is 4.35. The van der Waals surface area contributed by atoms with Crippen LogP contribution < -0.4 is 10.1 Å². The SMILES string of the molecule is CCCNC1CC(Oc2cncc(Cl)c2)C12CCCC2. The quantitative estimate of drug-likeness (QED) is 0.896. The van der Waals surface area contributed by atoms with Crippen molar-refractivity contribution in [1.82, 2.24) is 10.3 Å². The van der Waals surface area contributed by atoms with Gasteiger partial charge in [0, 0.05) is 30.1 Å². The second-order valence-electron chi connectivity index (χ2n) is 6.13. The largest absolute Gasteiger partial charge is 0.488 e. The molecule has 1 heterocycles. The van der Waals surface area contributed by atoms with E-state index in [-0.39, 0.29) is 0 Å². The molecule has 3 nitrogen and oxygen atoms in total. The fourth-order valence-corrected chi connectivity index (χ4v) is 4.01. The average molecular weight is 295 g/mol. The van der Waals surface area contributed by atoms with E-state index in [4.69, 9.17) is 16.3 Å².